The predicted molar refractivity (Wildman–Crippen MR) is 95.6 cm³/mol. The summed E-state index contributed by atoms with van der Waals surface area (Å²) in [5.74, 6) is -0.546. The highest BCUT2D eigenvalue weighted by Crippen LogP contribution is 2.45. The predicted octanol–water partition coefficient (Wildman–Crippen LogP) is 3.76. The number of urea groups is 1. The fourth-order valence-electron chi connectivity index (χ4n) is 3.25. The number of likely N-dealkylation sites (N-methyl/N-ethyl adjacent to an activating group) is 1. The zero-order valence-electron chi connectivity index (χ0n) is 13.6. The van der Waals surface area contributed by atoms with Crippen LogP contribution in [0.4, 0.5) is 4.79 Å². The summed E-state index contributed by atoms with van der Waals surface area (Å²) in [7, 11) is 2.87. The van der Waals surface area contributed by atoms with E-state index in [4.69, 9.17) is 27.9 Å². The number of halogens is 2. The minimum Gasteiger partial charge on any atom is -0.467 e. The van der Waals surface area contributed by atoms with Crippen LogP contribution in [0, 0.1) is 0 Å². The molecule has 1 N–H and O–H groups in total. The average Bonchev–Trinajstić information content (AvgIpc) is 2.88. The van der Waals surface area contributed by atoms with E-state index >= 15 is 0 Å². The van der Waals surface area contributed by atoms with Gasteiger partial charge >= 0.3 is 12.0 Å². The molecule has 0 radical (unpaired) electrons. The summed E-state index contributed by atoms with van der Waals surface area (Å²) in [6, 6.07) is 12.8. The van der Waals surface area contributed by atoms with Crippen molar-refractivity contribution in [3.8, 4) is 0 Å². The Morgan fingerprint density at radius 1 is 1.08 bits per heavy atom. The first kappa shape index (κ1) is 17.6. The highest BCUT2D eigenvalue weighted by atomic mass is 35.5. The van der Waals surface area contributed by atoms with Crippen LogP contribution in [0.15, 0.2) is 48.5 Å². The summed E-state index contributed by atoms with van der Waals surface area (Å²) >= 11 is 12.0. The van der Waals surface area contributed by atoms with Gasteiger partial charge in [0, 0.05) is 17.1 Å². The number of benzene rings is 2. The minimum absolute atomic E-state index is 0.375. The molecule has 2 aromatic carbocycles. The summed E-state index contributed by atoms with van der Waals surface area (Å²) in [5, 5.41) is 3.97. The van der Waals surface area contributed by atoms with E-state index in [9.17, 15) is 9.59 Å². The lowest BCUT2D eigenvalue weighted by atomic mass is 9.79. The summed E-state index contributed by atoms with van der Waals surface area (Å²) in [6.07, 6.45) is 0. The summed E-state index contributed by atoms with van der Waals surface area (Å²) in [6.45, 7) is 0. The molecular weight excluding hydrogens is 363 g/mol. The van der Waals surface area contributed by atoms with E-state index in [1.165, 1.54) is 12.0 Å². The molecule has 25 heavy (non-hydrogen) atoms. The lowest BCUT2D eigenvalue weighted by Gasteiger charge is -2.36. The van der Waals surface area contributed by atoms with Crippen molar-refractivity contribution in [3.63, 3.8) is 0 Å². The fourth-order valence-corrected chi connectivity index (χ4v) is 3.50. The van der Waals surface area contributed by atoms with Crippen LogP contribution in [0.5, 0.6) is 0 Å². The molecule has 130 valence electrons. The van der Waals surface area contributed by atoms with Crippen molar-refractivity contribution in [1.29, 1.82) is 0 Å². The first-order valence-electron chi connectivity index (χ1n) is 7.55. The number of nitrogens with one attached hydrogen (secondary N) is 1. The zero-order chi connectivity index (χ0) is 18.2. The van der Waals surface area contributed by atoms with Gasteiger partial charge in [0.2, 0.25) is 0 Å². The number of carbonyl (C=O) groups excluding carboxylic acids is 2. The molecule has 0 spiro atoms. The van der Waals surface area contributed by atoms with Gasteiger partial charge in [0.25, 0.3) is 0 Å². The van der Waals surface area contributed by atoms with Crippen LogP contribution in [-0.4, -0.2) is 31.1 Å². The maximum absolute atomic E-state index is 12.9. The van der Waals surface area contributed by atoms with Crippen LogP contribution in [0.3, 0.4) is 0 Å². The van der Waals surface area contributed by atoms with Crippen LogP contribution < -0.4 is 5.32 Å². The normalized spacial score (nSPS) is 22.6. The van der Waals surface area contributed by atoms with E-state index in [0.29, 0.717) is 15.6 Å². The van der Waals surface area contributed by atoms with Crippen molar-refractivity contribution in [2.45, 2.75) is 11.6 Å². The molecule has 0 unspecified atom stereocenters. The van der Waals surface area contributed by atoms with Crippen molar-refractivity contribution < 1.29 is 14.3 Å². The Bertz CT molecular complexity index is 808. The fraction of sp³-hybridized carbons (Fsp3) is 0.222. The molecule has 0 aromatic heterocycles. The van der Waals surface area contributed by atoms with Crippen molar-refractivity contribution in [1.82, 2.24) is 10.2 Å². The highest BCUT2D eigenvalue weighted by molar-refractivity contribution is 6.30. The summed E-state index contributed by atoms with van der Waals surface area (Å²) in [4.78, 5) is 26.7. The second-order valence-corrected chi connectivity index (χ2v) is 6.63. The minimum atomic E-state index is -1.36. The molecule has 1 heterocycles. The number of amides is 2. The van der Waals surface area contributed by atoms with Crippen molar-refractivity contribution in [2.24, 2.45) is 0 Å². The molecule has 1 fully saturated rings. The molecule has 0 aliphatic carbocycles. The largest absolute Gasteiger partial charge is 0.467 e. The lowest BCUT2D eigenvalue weighted by molar-refractivity contribution is -0.153. The Morgan fingerprint density at radius 2 is 1.60 bits per heavy atom. The molecule has 2 amide bonds. The summed E-state index contributed by atoms with van der Waals surface area (Å²) in [5.41, 5.74) is -0.0171. The SMILES string of the molecule is COC(=O)[C@@]1(c2ccc(Cl)cc2)[C@@H](c2ccc(Cl)cc2)NC(=O)N1C. The van der Waals surface area contributed by atoms with Crippen LogP contribution in [0.25, 0.3) is 0 Å². The Hall–Kier alpha value is -2.24. The maximum Gasteiger partial charge on any atom is 0.339 e. The molecule has 0 bridgehead atoms. The van der Waals surface area contributed by atoms with Crippen LogP contribution in [-0.2, 0) is 15.1 Å². The van der Waals surface area contributed by atoms with E-state index in [-0.39, 0.29) is 6.03 Å². The topological polar surface area (TPSA) is 58.6 Å². The molecule has 1 saturated heterocycles. The van der Waals surface area contributed by atoms with E-state index in [2.05, 4.69) is 5.32 Å². The molecule has 7 heteroatoms. The molecule has 1 aliphatic rings. The Labute approximate surface area is 155 Å². The first-order chi connectivity index (χ1) is 11.9. The van der Waals surface area contributed by atoms with Gasteiger partial charge in [-0.1, -0.05) is 47.5 Å². The van der Waals surface area contributed by atoms with E-state index in [1.54, 1.807) is 55.6 Å². The quantitative estimate of drug-likeness (QED) is 0.827. The lowest BCUT2D eigenvalue weighted by Crippen LogP contribution is -2.50. The number of methoxy groups -OCH3 is 1. The van der Waals surface area contributed by atoms with Gasteiger partial charge < -0.3 is 15.0 Å². The monoisotopic (exact) mass is 378 g/mol. The Balaban J connectivity index is 2.24. The highest BCUT2D eigenvalue weighted by Gasteiger charge is 2.59. The van der Waals surface area contributed by atoms with E-state index in [0.717, 1.165) is 5.56 Å². The van der Waals surface area contributed by atoms with E-state index < -0.39 is 17.6 Å². The number of hydrogen-bond donors (Lipinski definition) is 1. The average molecular weight is 379 g/mol. The third kappa shape index (κ3) is 2.73. The number of nitrogens with zero attached hydrogens (tertiary/aromatic N) is 1. The van der Waals surface area contributed by atoms with Gasteiger partial charge in [0.15, 0.2) is 5.54 Å². The standard InChI is InChI=1S/C18H16Cl2N2O3/c1-22-17(24)21-15(11-3-7-13(19)8-4-11)18(22,16(23)25-2)12-5-9-14(20)10-6-12/h3-10,15H,1-2H3,(H,21,24)/t15-,18-/m1/s1. The maximum atomic E-state index is 12.9. The van der Waals surface area contributed by atoms with Crippen LogP contribution in [0.2, 0.25) is 10.0 Å². The summed E-state index contributed by atoms with van der Waals surface area (Å²) < 4.78 is 5.08. The second-order valence-electron chi connectivity index (χ2n) is 5.76. The van der Waals surface area contributed by atoms with Crippen molar-refractivity contribution >= 4 is 35.2 Å². The zero-order valence-corrected chi connectivity index (χ0v) is 15.1. The number of rotatable bonds is 3. The van der Waals surface area contributed by atoms with Crippen molar-refractivity contribution in [2.75, 3.05) is 14.2 Å². The van der Waals surface area contributed by atoms with Gasteiger partial charge in [-0.05, 0) is 35.4 Å². The van der Waals surface area contributed by atoms with Gasteiger partial charge in [-0.15, -0.1) is 0 Å². The number of hydrogen-bond acceptors (Lipinski definition) is 3. The molecule has 3 rings (SSSR count). The molecule has 2 atom stereocenters. The van der Waals surface area contributed by atoms with Gasteiger partial charge in [0.05, 0.1) is 13.2 Å². The molecule has 2 aromatic rings. The Morgan fingerprint density at radius 3 is 2.12 bits per heavy atom. The smallest absolute Gasteiger partial charge is 0.339 e. The van der Waals surface area contributed by atoms with Crippen molar-refractivity contribution in [3.05, 3.63) is 69.7 Å². The molecular formula is C18H16Cl2N2O3. The molecule has 5 nitrogen and oxygen atoms in total. The Kier molecular flexibility index (Phi) is 4.62. The van der Waals surface area contributed by atoms with Crippen LogP contribution in [0.1, 0.15) is 17.2 Å². The van der Waals surface area contributed by atoms with E-state index in [1.807, 2.05) is 0 Å². The number of esters is 1. The number of ether oxygens (including phenoxy) is 1. The van der Waals surface area contributed by atoms with Crippen LogP contribution >= 0.6 is 23.2 Å². The molecule has 1 aliphatic heterocycles. The van der Waals surface area contributed by atoms with Gasteiger partial charge in [-0.3, -0.25) is 0 Å². The molecule has 0 saturated carbocycles. The third-order valence-electron chi connectivity index (χ3n) is 4.50. The first-order valence-corrected chi connectivity index (χ1v) is 8.31. The van der Waals surface area contributed by atoms with Gasteiger partial charge in [-0.2, -0.15) is 0 Å². The third-order valence-corrected chi connectivity index (χ3v) is 5.01. The van der Waals surface area contributed by atoms with Gasteiger partial charge in [0.1, 0.15) is 0 Å². The van der Waals surface area contributed by atoms with Gasteiger partial charge in [-0.25, -0.2) is 9.59 Å². The second kappa shape index (κ2) is 6.58. The number of carbonyl (C=O) groups is 2.